The number of anilines is 3. The van der Waals surface area contributed by atoms with Crippen LogP contribution in [0, 0.1) is 0 Å². The van der Waals surface area contributed by atoms with Crippen molar-refractivity contribution in [3.63, 3.8) is 0 Å². The third kappa shape index (κ3) is 5.88. The first kappa shape index (κ1) is 21.5. The van der Waals surface area contributed by atoms with E-state index in [1.165, 1.54) is 18.2 Å². The monoisotopic (exact) mass is 488 g/mol. The molecule has 0 aliphatic carbocycles. The number of sulfonamides is 1. The van der Waals surface area contributed by atoms with Gasteiger partial charge in [0, 0.05) is 21.9 Å². The van der Waals surface area contributed by atoms with Crippen molar-refractivity contribution in [2.24, 2.45) is 0 Å². The van der Waals surface area contributed by atoms with Crippen LogP contribution in [0.15, 0.2) is 71.3 Å². The van der Waals surface area contributed by atoms with Crippen LogP contribution < -0.4 is 15.4 Å². The molecule has 3 N–H and O–H groups in total. The Bertz CT molecular complexity index is 1200. The predicted octanol–water partition coefficient (Wildman–Crippen LogP) is 3.72. The Balaban J connectivity index is 1.76. The SMILES string of the molecule is CS(=O)(=O)Nc1ccccc1C(=O)Nc1cccc(C(=O)Nc2ccc(Br)cn2)c1. The van der Waals surface area contributed by atoms with Crippen LogP contribution in [0.4, 0.5) is 17.2 Å². The number of hydrogen-bond acceptors (Lipinski definition) is 5. The Kier molecular flexibility index (Phi) is 6.48. The van der Waals surface area contributed by atoms with Gasteiger partial charge >= 0.3 is 0 Å². The summed E-state index contributed by atoms with van der Waals surface area (Å²) in [7, 11) is -3.55. The highest BCUT2D eigenvalue weighted by atomic mass is 79.9. The van der Waals surface area contributed by atoms with Crippen molar-refractivity contribution < 1.29 is 18.0 Å². The van der Waals surface area contributed by atoms with Crippen LogP contribution in [0.25, 0.3) is 0 Å². The first-order valence-electron chi connectivity index (χ1n) is 8.62. The molecule has 154 valence electrons. The van der Waals surface area contributed by atoms with Crippen molar-refractivity contribution in [3.8, 4) is 0 Å². The lowest BCUT2D eigenvalue weighted by Crippen LogP contribution is -2.18. The molecule has 0 saturated heterocycles. The van der Waals surface area contributed by atoms with Gasteiger partial charge in [-0.1, -0.05) is 18.2 Å². The molecular formula is C20H17BrN4O4S. The van der Waals surface area contributed by atoms with Crippen LogP contribution in [-0.4, -0.2) is 31.5 Å². The van der Waals surface area contributed by atoms with Crippen molar-refractivity contribution in [2.75, 3.05) is 21.6 Å². The zero-order chi connectivity index (χ0) is 21.7. The molecule has 0 spiro atoms. The lowest BCUT2D eigenvalue weighted by molar-refractivity contribution is 0.101. The molecule has 0 bridgehead atoms. The van der Waals surface area contributed by atoms with Gasteiger partial charge in [0.1, 0.15) is 5.82 Å². The zero-order valence-electron chi connectivity index (χ0n) is 15.7. The molecule has 0 fully saturated rings. The van der Waals surface area contributed by atoms with E-state index < -0.39 is 15.9 Å². The Morgan fingerprint density at radius 2 is 1.70 bits per heavy atom. The maximum Gasteiger partial charge on any atom is 0.257 e. The van der Waals surface area contributed by atoms with Crippen molar-refractivity contribution >= 4 is 55.0 Å². The maximum absolute atomic E-state index is 12.7. The van der Waals surface area contributed by atoms with E-state index in [4.69, 9.17) is 0 Å². The molecule has 3 aromatic rings. The molecule has 0 unspecified atom stereocenters. The van der Waals surface area contributed by atoms with Crippen LogP contribution in [-0.2, 0) is 10.0 Å². The number of halogens is 1. The van der Waals surface area contributed by atoms with E-state index in [-0.39, 0.29) is 17.2 Å². The van der Waals surface area contributed by atoms with Crippen LogP contribution in [0.2, 0.25) is 0 Å². The third-order valence-electron chi connectivity index (χ3n) is 3.82. The van der Waals surface area contributed by atoms with Crippen molar-refractivity contribution in [3.05, 3.63) is 82.5 Å². The second kappa shape index (κ2) is 9.06. The number of nitrogens with zero attached hydrogens (tertiary/aromatic N) is 1. The van der Waals surface area contributed by atoms with Crippen LogP contribution in [0.1, 0.15) is 20.7 Å². The third-order valence-corrected chi connectivity index (χ3v) is 4.88. The van der Waals surface area contributed by atoms with Gasteiger partial charge in [-0.2, -0.15) is 0 Å². The minimum Gasteiger partial charge on any atom is -0.322 e. The molecule has 0 radical (unpaired) electrons. The lowest BCUT2D eigenvalue weighted by atomic mass is 10.1. The molecule has 0 atom stereocenters. The summed E-state index contributed by atoms with van der Waals surface area (Å²) in [6.07, 6.45) is 2.57. The Hall–Kier alpha value is -3.24. The molecular weight excluding hydrogens is 472 g/mol. The van der Waals surface area contributed by atoms with E-state index in [1.807, 2.05) is 0 Å². The van der Waals surface area contributed by atoms with Crippen LogP contribution in [0.5, 0.6) is 0 Å². The molecule has 10 heteroatoms. The number of aromatic nitrogens is 1. The molecule has 30 heavy (non-hydrogen) atoms. The van der Waals surface area contributed by atoms with Crippen LogP contribution >= 0.6 is 15.9 Å². The Morgan fingerprint density at radius 3 is 2.40 bits per heavy atom. The molecule has 1 heterocycles. The van der Waals surface area contributed by atoms with Gasteiger partial charge in [-0.25, -0.2) is 13.4 Å². The maximum atomic E-state index is 12.7. The smallest absolute Gasteiger partial charge is 0.257 e. The topological polar surface area (TPSA) is 117 Å². The fourth-order valence-corrected chi connectivity index (χ4v) is 3.36. The summed E-state index contributed by atoms with van der Waals surface area (Å²) >= 11 is 3.28. The predicted molar refractivity (Wildman–Crippen MR) is 119 cm³/mol. The minimum atomic E-state index is -3.55. The second-order valence-corrected chi connectivity index (χ2v) is 8.93. The molecule has 2 amide bonds. The number of benzene rings is 2. The minimum absolute atomic E-state index is 0.150. The van der Waals surface area contributed by atoms with Gasteiger partial charge in [0.25, 0.3) is 11.8 Å². The van der Waals surface area contributed by atoms with Gasteiger partial charge < -0.3 is 10.6 Å². The summed E-state index contributed by atoms with van der Waals surface area (Å²) in [6, 6.07) is 16.0. The van der Waals surface area contributed by atoms with Crippen molar-refractivity contribution in [1.29, 1.82) is 0 Å². The largest absolute Gasteiger partial charge is 0.322 e. The molecule has 1 aromatic heterocycles. The first-order valence-corrected chi connectivity index (χ1v) is 11.3. The number of carbonyl (C=O) groups excluding carboxylic acids is 2. The highest BCUT2D eigenvalue weighted by Gasteiger charge is 2.15. The van der Waals surface area contributed by atoms with Gasteiger partial charge in [-0.15, -0.1) is 0 Å². The summed E-state index contributed by atoms with van der Waals surface area (Å²) in [5.41, 5.74) is 1.01. The summed E-state index contributed by atoms with van der Waals surface area (Å²) in [5, 5.41) is 5.35. The number of nitrogens with one attached hydrogen (secondary N) is 3. The van der Waals surface area contributed by atoms with Gasteiger partial charge in [0.2, 0.25) is 10.0 Å². The molecule has 0 aliphatic rings. The van der Waals surface area contributed by atoms with E-state index >= 15 is 0 Å². The van der Waals surface area contributed by atoms with Gasteiger partial charge in [0.05, 0.1) is 17.5 Å². The fraction of sp³-hybridized carbons (Fsp3) is 0.0500. The average Bonchev–Trinajstić information content (AvgIpc) is 2.69. The van der Waals surface area contributed by atoms with Gasteiger partial charge in [-0.3, -0.25) is 14.3 Å². The Morgan fingerprint density at radius 1 is 0.933 bits per heavy atom. The standard InChI is InChI=1S/C20H17BrN4O4S/c1-30(28,29)25-17-8-3-2-7-16(17)20(27)23-15-6-4-5-13(11-15)19(26)24-18-10-9-14(21)12-22-18/h2-12,25H,1H3,(H,23,27)(H,22,24,26). The molecule has 0 aliphatic heterocycles. The number of hydrogen-bond donors (Lipinski definition) is 3. The molecule has 0 saturated carbocycles. The first-order chi connectivity index (χ1) is 14.2. The van der Waals surface area contributed by atoms with Gasteiger partial charge in [-0.05, 0) is 58.4 Å². The van der Waals surface area contributed by atoms with E-state index in [0.29, 0.717) is 17.1 Å². The van der Waals surface area contributed by atoms with E-state index in [1.54, 1.807) is 48.7 Å². The van der Waals surface area contributed by atoms with Crippen molar-refractivity contribution in [2.45, 2.75) is 0 Å². The summed E-state index contributed by atoms with van der Waals surface area (Å²) in [4.78, 5) is 29.2. The van der Waals surface area contributed by atoms with Crippen molar-refractivity contribution in [1.82, 2.24) is 4.98 Å². The van der Waals surface area contributed by atoms with E-state index in [2.05, 4.69) is 36.3 Å². The number of rotatable bonds is 6. The summed E-state index contributed by atoms with van der Waals surface area (Å²) in [6.45, 7) is 0. The lowest BCUT2D eigenvalue weighted by Gasteiger charge is -2.12. The van der Waals surface area contributed by atoms with Crippen LogP contribution in [0.3, 0.4) is 0 Å². The van der Waals surface area contributed by atoms with Gasteiger partial charge in [0.15, 0.2) is 0 Å². The normalized spacial score (nSPS) is 10.9. The summed E-state index contributed by atoms with van der Waals surface area (Å²) in [5.74, 6) is -0.521. The average molecular weight is 489 g/mol. The second-order valence-electron chi connectivity index (χ2n) is 6.27. The highest BCUT2D eigenvalue weighted by molar-refractivity contribution is 9.10. The number of pyridine rings is 1. The number of amides is 2. The molecule has 8 nitrogen and oxygen atoms in total. The fourth-order valence-electron chi connectivity index (χ4n) is 2.54. The quantitative estimate of drug-likeness (QED) is 0.488. The Labute approximate surface area is 181 Å². The molecule has 2 aromatic carbocycles. The molecule has 3 rings (SSSR count). The van der Waals surface area contributed by atoms with E-state index in [0.717, 1.165) is 10.7 Å². The highest BCUT2D eigenvalue weighted by Crippen LogP contribution is 2.19. The number of carbonyl (C=O) groups is 2. The zero-order valence-corrected chi connectivity index (χ0v) is 18.1. The number of para-hydroxylation sites is 1. The summed E-state index contributed by atoms with van der Waals surface area (Å²) < 4.78 is 26.2. The van der Waals surface area contributed by atoms with E-state index in [9.17, 15) is 18.0 Å².